The third-order valence-corrected chi connectivity index (χ3v) is 8.99. The van der Waals surface area contributed by atoms with Gasteiger partial charge in [0.25, 0.3) is 0 Å². The van der Waals surface area contributed by atoms with E-state index in [-0.39, 0.29) is 29.3 Å². The molecule has 2 unspecified atom stereocenters. The molecule has 1 N–H and O–H groups in total. The number of carbonyl (C=O) groups excluding carboxylic acids is 2. The fourth-order valence-electron chi connectivity index (χ4n) is 6.82. The Labute approximate surface area is 239 Å². The number of fused-ring (bicyclic) bond motifs is 3. The van der Waals surface area contributed by atoms with Crippen LogP contribution in [0.4, 0.5) is 4.79 Å². The molecule has 1 spiro atoms. The Kier molecular flexibility index (Phi) is 8.54. The lowest BCUT2D eigenvalue weighted by Crippen LogP contribution is -2.57. The van der Waals surface area contributed by atoms with E-state index in [2.05, 4.69) is 44.1 Å². The number of likely N-dealkylation sites (N-methyl/N-ethyl adjacent to an activating group) is 2. The number of urea groups is 1. The van der Waals surface area contributed by atoms with Crippen molar-refractivity contribution in [3.05, 3.63) is 35.0 Å². The van der Waals surface area contributed by atoms with Crippen molar-refractivity contribution in [2.45, 2.75) is 77.9 Å². The number of nitrogens with one attached hydrogen (secondary N) is 1. The molecule has 4 rings (SSSR count). The number of benzene rings is 1. The smallest absolute Gasteiger partial charge is 0.325 e. The molecule has 40 heavy (non-hydrogen) atoms. The van der Waals surface area contributed by atoms with E-state index in [1.54, 1.807) is 21.3 Å². The van der Waals surface area contributed by atoms with E-state index in [1.165, 1.54) is 0 Å². The molecule has 2 atom stereocenters. The highest BCUT2D eigenvalue weighted by atomic mass is 16.5. The summed E-state index contributed by atoms with van der Waals surface area (Å²) in [7, 11) is 6.96. The maximum absolute atomic E-state index is 13.9. The van der Waals surface area contributed by atoms with Crippen LogP contribution in [0.1, 0.15) is 70.9 Å². The van der Waals surface area contributed by atoms with Gasteiger partial charge in [0.15, 0.2) is 0 Å². The van der Waals surface area contributed by atoms with Crippen molar-refractivity contribution in [2.24, 2.45) is 10.4 Å². The minimum atomic E-state index is -0.438. The van der Waals surface area contributed by atoms with Crippen LogP contribution >= 0.6 is 0 Å². The molecule has 0 aromatic heterocycles. The summed E-state index contributed by atoms with van der Waals surface area (Å²) in [5.74, 6) is 1.64. The van der Waals surface area contributed by atoms with E-state index in [4.69, 9.17) is 9.47 Å². The normalized spacial score (nSPS) is 21.6. The molecular weight excluding hydrogens is 506 g/mol. The summed E-state index contributed by atoms with van der Waals surface area (Å²) in [5.41, 5.74) is 3.66. The standard InChI is InChI=1S/C31H47N5O4/c1-10-36-29(38)35-19-21-16-22(39-8)17-24(40-9)27(21)20(2)15-26(35)31(36)11-13-34(14-12-31)28(37)23(32-6)18-25(33-7)30(3,4)5/h15-17,20,23,32H,10-14,18-19H2,1-9H3. The number of aliphatic imine (C=N–C) groups is 1. The Morgan fingerprint density at radius 2 is 1.88 bits per heavy atom. The molecule has 0 radical (unpaired) electrons. The van der Waals surface area contributed by atoms with E-state index in [0.29, 0.717) is 51.2 Å². The Bertz CT molecular complexity index is 1190. The first-order valence-corrected chi connectivity index (χ1v) is 14.4. The summed E-state index contributed by atoms with van der Waals surface area (Å²) in [6.45, 7) is 12.9. The molecule has 0 bridgehead atoms. The minimum Gasteiger partial charge on any atom is -0.497 e. The molecule has 3 amide bonds. The van der Waals surface area contributed by atoms with Crippen molar-refractivity contribution in [2.75, 3.05) is 47.9 Å². The molecular formula is C31H47N5O4. The predicted octanol–water partition coefficient (Wildman–Crippen LogP) is 4.42. The van der Waals surface area contributed by atoms with Crippen LogP contribution in [0.5, 0.6) is 11.5 Å². The van der Waals surface area contributed by atoms with Crippen molar-refractivity contribution in [3.63, 3.8) is 0 Å². The maximum Gasteiger partial charge on any atom is 0.325 e. The molecule has 1 aromatic carbocycles. The molecule has 0 saturated carbocycles. The van der Waals surface area contributed by atoms with Crippen LogP contribution in [-0.2, 0) is 11.3 Å². The zero-order valence-corrected chi connectivity index (χ0v) is 25.8. The summed E-state index contributed by atoms with van der Waals surface area (Å²) in [6.07, 6.45) is 4.23. The number of carbonyl (C=O) groups is 2. The number of rotatable bonds is 7. The highest BCUT2D eigenvalue weighted by molar-refractivity contribution is 5.95. The zero-order chi connectivity index (χ0) is 29.4. The molecule has 0 aliphatic carbocycles. The van der Waals surface area contributed by atoms with Crippen LogP contribution in [-0.4, -0.2) is 91.9 Å². The first-order valence-electron chi connectivity index (χ1n) is 14.4. The number of piperidine rings is 1. The van der Waals surface area contributed by atoms with Crippen molar-refractivity contribution in [3.8, 4) is 11.5 Å². The van der Waals surface area contributed by atoms with Crippen LogP contribution in [0.3, 0.4) is 0 Å². The monoisotopic (exact) mass is 553 g/mol. The van der Waals surface area contributed by atoms with Gasteiger partial charge in [-0.05, 0) is 43.9 Å². The number of nitrogens with zero attached hydrogens (tertiary/aromatic N) is 4. The quantitative estimate of drug-likeness (QED) is 0.506. The molecule has 3 aliphatic rings. The summed E-state index contributed by atoms with van der Waals surface area (Å²) in [5, 5.41) is 3.24. The topological polar surface area (TPSA) is 86.7 Å². The SMILES string of the molecule is CCN1C(=O)N2Cc3cc(OC)cc(OC)c3C(C)C=C2C12CCN(C(=O)C(CC(=NC)C(C)(C)C)NC)CC2. The Morgan fingerprint density at radius 3 is 2.40 bits per heavy atom. The van der Waals surface area contributed by atoms with Crippen LogP contribution in [0.15, 0.2) is 28.9 Å². The molecule has 3 heterocycles. The lowest BCUT2D eigenvalue weighted by molar-refractivity contribution is -0.135. The second-order valence-corrected chi connectivity index (χ2v) is 12.2. The fourth-order valence-corrected chi connectivity index (χ4v) is 6.82. The second-order valence-electron chi connectivity index (χ2n) is 12.2. The van der Waals surface area contributed by atoms with Gasteiger partial charge in [-0.2, -0.15) is 0 Å². The van der Waals surface area contributed by atoms with Crippen molar-refractivity contribution < 1.29 is 19.1 Å². The largest absolute Gasteiger partial charge is 0.497 e. The van der Waals surface area contributed by atoms with Gasteiger partial charge in [0.2, 0.25) is 5.91 Å². The average Bonchev–Trinajstić information content (AvgIpc) is 3.03. The predicted molar refractivity (Wildman–Crippen MR) is 158 cm³/mol. The Balaban J connectivity index is 1.62. The summed E-state index contributed by atoms with van der Waals surface area (Å²) in [6, 6.07) is 3.63. The Hall–Kier alpha value is -3.07. The van der Waals surface area contributed by atoms with Gasteiger partial charge in [-0.3, -0.25) is 14.7 Å². The molecule has 9 heteroatoms. The van der Waals surface area contributed by atoms with Gasteiger partial charge in [-0.25, -0.2) is 4.79 Å². The van der Waals surface area contributed by atoms with Gasteiger partial charge in [0.1, 0.15) is 11.5 Å². The lowest BCUT2D eigenvalue weighted by atomic mass is 9.81. The van der Waals surface area contributed by atoms with Gasteiger partial charge in [-0.1, -0.05) is 33.8 Å². The van der Waals surface area contributed by atoms with Crippen molar-refractivity contribution >= 4 is 17.6 Å². The fraction of sp³-hybridized carbons (Fsp3) is 0.645. The zero-order valence-electron chi connectivity index (χ0n) is 25.8. The third kappa shape index (κ3) is 5.08. The number of methoxy groups -OCH3 is 2. The number of ether oxygens (including phenoxy) is 2. The summed E-state index contributed by atoms with van der Waals surface area (Å²) >= 11 is 0. The number of allylic oxidation sites excluding steroid dienone is 1. The van der Waals surface area contributed by atoms with E-state index >= 15 is 0 Å². The Morgan fingerprint density at radius 1 is 1.20 bits per heavy atom. The molecule has 3 aliphatic heterocycles. The van der Waals surface area contributed by atoms with Gasteiger partial charge in [-0.15, -0.1) is 0 Å². The minimum absolute atomic E-state index is 0.0254. The van der Waals surface area contributed by atoms with Crippen LogP contribution < -0.4 is 14.8 Å². The van der Waals surface area contributed by atoms with Crippen LogP contribution in [0, 0.1) is 5.41 Å². The molecule has 220 valence electrons. The first kappa shape index (κ1) is 29.9. The lowest BCUT2D eigenvalue weighted by Gasteiger charge is -2.45. The van der Waals surface area contributed by atoms with Gasteiger partial charge < -0.3 is 24.6 Å². The van der Waals surface area contributed by atoms with Crippen LogP contribution in [0.2, 0.25) is 0 Å². The maximum atomic E-state index is 13.9. The number of amides is 3. The van der Waals surface area contributed by atoms with E-state index in [0.717, 1.165) is 28.3 Å². The highest BCUT2D eigenvalue weighted by Gasteiger charge is 2.55. The van der Waals surface area contributed by atoms with E-state index in [1.807, 2.05) is 40.8 Å². The van der Waals surface area contributed by atoms with Crippen molar-refractivity contribution in [1.82, 2.24) is 20.0 Å². The summed E-state index contributed by atoms with van der Waals surface area (Å²) < 4.78 is 11.3. The first-order chi connectivity index (χ1) is 18.9. The molecule has 9 nitrogen and oxygen atoms in total. The van der Waals surface area contributed by atoms with Crippen molar-refractivity contribution in [1.29, 1.82) is 0 Å². The molecule has 2 saturated heterocycles. The molecule has 2 fully saturated rings. The average molecular weight is 554 g/mol. The number of hydrogen-bond donors (Lipinski definition) is 1. The summed E-state index contributed by atoms with van der Waals surface area (Å²) in [4.78, 5) is 38.0. The second kappa shape index (κ2) is 11.4. The van der Waals surface area contributed by atoms with E-state index in [9.17, 15) is 9.59 Å². The number of likely N-dealkylation sites (tertiary alicyclic amines) is 1. The van der Waals surface area contributed by atoms with Gasteiger partial charge >= 0.3 is 6.03 Å². The van der Waals surface area contributed by atoms with Crippen LogP contribution in [0.25, 0.3) is 0 Å². The number of hydrogen-bond acceptors (Lipinski definition) is 6. The highest BCUT2D eigenvalue weighted by Crippen LogP contribution is 2.49. The third-order valence-electron chi connectivity index (χ3n) is 8.99. The molecule has 1 aromatic rings. The van der Waals surface area contributed by atoms with Gasteiger partial charge in [0, 0.05) is 62.1 Å². The van der Waals surface area contributed by atoms with E-state index < -0.39 is 5.54 Å². The van der Waals surface area contributed by atoms with Gasteiger partial charge in [0.05, 0.1) is 32.3 Å².